The summed E-state index contributed by atoms with van der Waals surface area (Å²) in [7, 11) is 4.10. The summed E-state index contributed by atoms with van der Waals surface area (Å²) < 4.78 is 2.04. The average Bonchev–Trinajstić information content (AvgIpc) is 2.75. The van der Waals surface area contributed by atoms with Crippen LogP contribution in [0.25, 0.3) is 0 Å². The minimum atomic E-state index is 0.203. The van der Waals surface area contributed by atoms with Crippen molar-refractivity contribution in [3.8, 4) is 0 Å². The Hall–Kier alpha value is -0.910. The van der Waals surface area contributed by atoms with E-state index in [9.17, 15) is 5.11 Å². The molecule has 1 atom stereocenters. The van der Waals surface area contributed by atoms with Crippen molar-refractivity contribution in [1.82, 2.24) is 19.8 Å². The monoisotopic (exact) mass is 254 g/mol. The molecule has 5 nitrogen and oxygen atoms in total. The summed E-state index contributed by atoms with van der Waals surface area (Å²) in [5.74, 6) is 1.07. The molecule has 0 aliphatic heterocycles. The molecule has 18 heavy (non-hydrogen) atoms. The van der Waals surface area contributed by atoms with Crippen LogP contribution in [0.1, 0.15) is 25.6 Å². The molecule has 0 aromatic carbocycles. The maximum absolute atomic E-state index is 9.27. The summed E-state index contributed by atoms with van der Waals surface area (Å²) in [5.41, 5.74) is 0. The molecule has 0 saturated carbocycles. The third-order valence-electron chi connectivity index (χ3n) is 3.09. The SMILES string of the molecule is CCCNC(CO)CCN(C)Cc1nccn1C. The van der Waals surface area contributed by atoms with Crippen LogP contribution in [-0.4, -0.2) is 52.3 Å². The van der Waals surface area contributed by atoms with Crippen LogP contribution in [0.5, 0.6) is 0 Å². The van der Waals surface area contributed by atoms with Crippen molar-refractivity contribution in [1.29, 1.82) is 0 Å². The zero-order valence-electron chi connectivity index (χ0n) is 11.8. The highest BCUT2D eigenvalue weighted by atomic mass is 16.3. The van der Waals surface area contributed by atoms with Crippen molar-refractivity contribution in [2.75, 3.05) is 26.7 Å². The number of aryl methyl sites for hydroxylation is 1. The zero-order chi connectivity index (χ0) is 13.4. The van der Waals surface area contributed by atoms with Crippen LogP contribution in [0.3, 0.4) is 0 Å². The molecule has 1 heterocycles. The second-order valence-electron chi connectivity index (χ2n) is 4.81. The number of aromatic nitrogens is 2. The van der Waals surface area contributed by atoms with Crippen LogP contribution in [0.15, 0.2) is 12.4 Å². The molecule has 0 aliphatic rings. The standard InChI is InChI=1S/C13H26N4O/c1-4-6-14-12(11-18)5-8-16(2)10-13-15-7-9-17(13)3/h7,9,12,14,18H,4-6,8,10-11H2,1-3H3. The number of aliphatic hydroxyl groups is 1. The number of hydrogen-bond donors (Lipinski definition) is 2. The highest BCUT2D eigenvalue weighted by Crippen LogP contribution is 2.01. The molecular formula is C13H26N4O. The summed E-state index contributed by atoms with van der Waals surface area (Å²) in [6.45, 7) is 5.10. The smallest absolute Gasteiger partial charge is 0.122 e. The van der Waals surface area contributed by atoms with Crippen molar-refractivity contribution in [3.63, 3.8) is 0 Å². The molecule has 2 N–H and O–H groups in total. The lowest BCUT2D eigenvalue weighted by Crippen LogP contribution is -2.36. The number of nitrogens with zero attached hydrogens (tertiary/aromatic N) is 3. The third-order valence-corrected chi connectivity index (χ3v) is 3.09. The first-order valence-electron chi connectivity index (χ1n) is 6.66. The van der Waals surface area contributed by atoms with Crippen molar-refractivity contribution in [2.45, 2.75) is 32.4 Å². The fourth-order valence-electron chi connectivity index (χ4n) is 1.85. The van der Waals surface area contributed by atoms with E-state index in [0.29, 0.717) is 0 Å². The number of imidazole rings is 1. The molecule has 1 aromatic rings. The molecular weight excluding hydrogens is 228 g/mol. The number of aliphatic hydroxyl groups excluding tert-OH is 1. The molecule has 5 heteroatoms. The Morgan fingerprint density at radius 2 is 2.33 bits per heavy atom. The second kappa shape index (κ2) is 8.24. The Balaban J connectivity index is 2.27. The molecule has 0 radical (unpaired) electrons. The lowest BCUT2D eigenvalue weighted by molar-refractivity contribution is 0.214. The van der Waals surface area contributed by atoms with Crippen molar-refractivity contribution in [3.05, 3.63) is 18.2 Å². The van der Waals surface area contributed by atoms with Gasteiger partial charge in [0.05, 0.1) is 13.2 Å². The van der Waals surface area contributed by atoms with Crippen LogP contribution < -0.4 is 5.32 Å². The molecule has 0 spiro atoms. The first kappa shape index (κ1) is 15.1. The van der Waals surface area contributed by atoms with Gasteiger partial charge in [-0.25, -0.2) is 4.98 Å². The van der Waals surface area contributed by atoms with E-state index >= 15 is 0 Å². The van der Waals surface area contributed by atoms with Crippen molar-refractivity contribution in [2.24, 2.45) is 7.05 Å². The third kappa shape index (κ3) is 5.16. The summed E-state index contributed by atoms with van der Waals surface area (Å²) in [4.78, 5) is 6.54. The van der Waals surface area contributed by atoms with E-state index < -0.39 is 0 Å². The lowest BCUT2D eigenvalue weighted by atomic mass is 10.2. The Morgan fingerprint density at radius 1 is 1.56 bits per heavy atom. The molecule has 0 aliphatic carbocycles. The van der Waals surface area contributed by atoms with Gasteiger partial charge in [0.2, 0.25) is 0 Å². The van der Waals surface area contributed by atoms with E-state index in [-0.39, 0.29) is 12.6 Å². The van der Waals surface area contributed by atoms with Crippen LogP contribution >= 0.6 is 0 Å². The fraction of sp³-hybridized carbons (Fsp3) is 0.769. The van der Waals surface area contributed by atoms with Crippen LogP contribution in [0, 0.1) is 0 Å². The summed E-state index contributed by atoms with van der Waals surface area (Å²) >= 11 is 0. The normalized spacial score (nSPS) is 13.2. The van der Waals surface area contributed by atoms with E-state index in [0.717, 1.165) is 38.3 Å². The predicted octanol–water partition coefficient (Wildman–Crippen LogP) is 0.602. The highest BCUT2D eigenvalue weighted by molar-refractivity contribution is 4.90. The lowest BCUT2D eigenvalue weighted by Gasteiger charge is -2.21. The van der Waals surface area contributed by atoms with Crippen molar-refractivity contribution >= 4 is 0 Å². The number of rotatable bonds is 9. The second-order valence-corrected chi connectivity index (χ2v) is 4.81. The minimum Gasteiger partial charge on any atom is -0.395 e. The molecule has 0 bridgehead atoms. The van der Waals surface area contributed by atoms with E-state index in [1.54, 1.807) is 0 Å². The van der Waals surface area contributed by atoms with Gasteiger partial charge in [0.25, 0.3) is 0 Å². The minimum absolute atomic E-state index is 0.203. The van der Waals surface area contributed by atoms with Gasteiger partial charge in [-0.05, 0) is 33.0 Å². The van der Waals surface area contributed by atoms with Gasteiger partial charge in [-0.15, -0.1) is 0 Å². The summed E-state index contributed by atoms with van der Waals surface area (Å²) in [6, 6.07) is 0.203. The van der Waals surface area contributed by atoms with Gasteiger partial charge >= 0.3 is 0 Å². The molecule has 104 valence electrons. The molecule has 0 fully saturated rings. The van der Waals surface area contributed by atoms with E-state index in [1.807, 2.05) is 24.0 Å². The van der Waals surface area contributed by atoms with E-state index in [4.69, 9.17) is 0 Å². The van der Waals surface area contributed by atoms with Gasteiger partial charge in [0, 0.05) is 25.5 Å². The van der Waals surface area contributed by atoms with Crippen LogP contribution in [-0.2, 0) is 13.6 Å². The van der Waals surface area contributed by atoms with E-state index in [1.165, 1.54) is 0 Å². The maximum atomic E-state index is 9.27. The van der Waals surface area contributed by atoms with Gasteiger partial charge in [0.15, 0.2) is 0 Å². The molecule has 1 aromatic heterocycles. The van der Waals surface area contributed by atoms with Gasteiger partial charge in [0.1, 0.15) is 5.82 Å². The Labute approximate surface area is 110 Å². The van der Waals surface area contributed by atoms with Gasteiger partial charge in [-0.2, -0.15) is 0 Å². The Bertz CT molecular complexity index is 327. The van der Waals surface area contributed by atoms with Gasteiger partial charge in [-0.3, -0.25) is 4.90 Å². The topological polar surface area (TPSA) is 53.3 Å². The van der Waals surface area contributed by atoms with Gasteiger partial charge < -0.3 is 15.0 Å². The zero-order valence-corrected chi connectivity index (χ0v) is 11.8. The largest absolute Gasteiger partial charge is 0.395 e. The summed E-state index contributed by atoms with van der Waals surface area (Å²) in [6.07, 6.45) is 5.84. The molecule has 0 saturated heterocycles. The predicted molar refractivity (Wildman–Crippen MR) is 73.3 cm³/mol. The van der Waals surface area contributed by atoms with Crippen LogP contribution in [0.4, 0.5) is 0 Å². The van der Waals surface area contributed by atoms with Gasteiger partial charge in [-0.1, -0.05) is 6.92 Å². The molecule has 0 amide bonds. The maximum Gasteiger partial charge on any atom is 0.122 e. The fourth-order valence-corrected chi connectivity index (χ4v) is 1.85. The number of nitrogens with one attached hydrogen (secondary N) is 1. The first-order chi connectivity index (χ1) is 8.67. The Kier molecular flexibility index (Phi) is 6.93. The Morgan fingerprint density at radius 3 is 2.89 bits per heavy atom. The van der Waals surface area contributed by atoms with Crippen LogP contribution in [0.2, 0.25) is 0 Å². The summed E-state index contributed by atoms with van der Waals surface area (Å²) in [5, 5.41) is 12.6. The highest BCUT2D eigenvalue weighted by Gasteiger charge is 2.09. The van der Waals surface area contributed by atoms with E-state index in [2.05, 4.69) is 29.2 Å². The van der Waals surface area contributed by atoms with Crippen molar-refractivity contribution < 1.29 is 5.11 Å². The molecule has 1 unspecified atom stereocenters. The molecule has 1 rings (SSSR count). The quantitative estimate of drug-likeness (QED) is 0.678. The number of hydrogen-bond acceptors (Lipinski definition) is 4. The first-order valence-corrected chi connectivity index (χ1v) is 6.66. The average molecular weight is 254 g/mol.